The minimum Gasteiger partial charge on any atom is -0.493 e. The van der Waals surface area contributed by atoms with Gasteiger partial charge < -0.3 is 15.2 Å². The Bertz CT molecular complexity index is 691. The number of halogens is 1. The van der Waals surface area contributed by atoms with Crippen LogP contribution >= 0.6 is 11.6 Å². The molecule has 3 N–H and O–H groups in total. The van der Waals surface area contributed by atoms with Gasteiger partial charge in [0.25, 0.3) is 0 Å². The third-order valence-electron chi connectivity index (χ3n) is 2.95. The maximum absolute atomic E-state index is 6.35. The second kappa shape index (κ2) is 6.05. The Morgan fingerprint density at radius 3 is 2.48 bits per heavy atom. The van der Waals surface area contributed by atoms with E-state index in [-0.39, 0.29) is 0 Å². The summed E-state index contributed by atoms with van der Waals surface area (Å²) in [6.45, 7) is 3.59. The van der Waals surface area contributed by atoms with Crippen LogP contribution in [-0.2, 0) is 0 Å². The second-order valence-electron chi connectivity index (χ2n) is 4.49. The number of nitrogens with one attached hydrogen (secondary N) is 1. The lowest BCUT2D eigenvalue weighted by Gasteiger charge is -2.12. The SMILES string of the molecule is COc1cc(Cl)c(-c2c(N=C(C)N)n[nH]c2C)cc1OC. The van der Waals surface area contributed by atoms with Gasteiger partial charge in [0.2, 0.25) is 0 Å². The number of nitrogens with two attached hydrogens (primary N) is 1. The third kappa shape index (κ3) is 2.95. The molecule has 7 heteroatoms. The smallest absolute Gasteiger partial charge is 0.183 e. The number of amidine groups is 1. The zero-order valence-electron chi connectivity index (χ0n) is 12.3. The lowest BCUT2D eigenvalue weighted by Crippen LogP contribution is -2.04. The third-order valence-corrected chi connectivity index (χ3v) is 3.27. The summed E-state index contributed by atoms with van der Waals surface area (Å²) >= 11 is 6.35. The molecule has 1 aromatic carbocycles. The molecule has 0 aliphatic carbocycles. The maximum Gasteiger partial charge on any atom is 0.183 e. The normalized spacial score (nSPS) is 11.6. The van der Waals surface area contributed by atoms with E-state index in [0.717, 1.165) is 16.8 Å². The van der Waals surface area contributed by atoms with E-state index in [4.69, 9.17) is 26.8 Å². The van der Waals surface area contributed by atoms with E-state index in [0.29, 0.717) is 28.2 Å². The summed E-state index contributed by atoms with van der Waals surface area (Å²) in [7, 11) is 3.13. The van der Waals surface area contributed by atoms with E-state index in [2.05, 4.69) is 15.2 Å². The molecule has 0 spiro atoms. The first-order valence-electron chi connectivity index (χ1n) is 6.25. The number of hydrogen-bond donors (Lipinski definition) is 2. The standard InChI is InChI=1S/C14H17ClN4O2/c1-7-13(14(19-18-7)17-8(2)16)9-5-11(20-3)12(21-4)6-10(9)15/h5-6H,1-4H3,(H3,16,17,18,19). The van der Waals surface area contributed by atoms with Gasteiger partial charge >= 0.3 is 0 Å². The number of aryl methyl sites for hydroxylation is 1. The molecule has 0 atom stereocenters. The molecule has 0 fully saturated rings. The van der Waals surface area contributed by atoms with Gasteiger partial charge in [-0.1, -0.05) is 11.6 Å². The molecule has 2 aromatic rings. The van der Waals surface area contributed by atoms with Gasteiger partial charge in [0, 0.05) is 17.3 Å². The molecular weight excluding hydrogens is 292 g/mol. The Balaban J connectivity index is 2.67. The van der Waals surface area contributed by atoms with Crippen LogP contribution in [0, 0.1) is 6.92 Å². The fourth-order valence-electron chi connectivity index (χ4n) is 2.03. The van der Waals surface area contributed by atoms with Crippen molar-refractivity contribution in [2.45, 2.75) is 13.8 Å². The zero-order chi connectivity index (χ0) is 15.6. The van der Waals surface area contributed by atoms with Crippen molar-refractivity contribution in [2.24, 2.45) is 10.7 Å². The molecule has 6 nitrogen and oxygen atoms in total. The van der Waals surface area contributed by atoms with Crippen molar-refractivity contribution < 1.29 is 9.47 Å². The van der Waals surface area contributed by atoms with Crippen LogP contribution in [0.2, 0.25) is 5.02 Å². The van der Waals surface area contributed by atoms with E-state index in [9.17, 15) is 0 Å². The Morgan fingerprint density at radius 2 is 1.90 bits per heavy atom. The number of H-pyrrole nitrogens is 1. The maximum atomic E-state index is 6.35. The summed E-state index contributed by atoms with van der Waals surface area (Å²) in [5, 5.41) is 7.56. The molecule has 0 unspecified atom stereocenters. The van der Waals surface area contributed by atoms with Crippen molar-refractivity contribution in [3.05, 3.63) is 22.8 Å². The molecule has 21 heavy (non-hydrogen) atoms. The number of benzene rings is 1. The molecular formula is C14H17ClN4O2. The highest BCUT2D eigenvalue weighted by atomic mass is 35.5. The number of hydrogen-bond acceptors (Lipinski definition) is 4. The zero-order valence-corrected chi connectivity index (χ0v) is 13.1. The molecule has 0 saturated carbocycles. The van der Waals surface area contributed by atoms with E-state index in [1.54, 1.807) is 33.3 Å². The largest absolute Gasteiger partial charge is 0.493 e. The van der Waals surface area contributed by atoms with Crippen LogP contribution in [0.15, 0.2) is 17.1 Å². The number of aromatic amines is 1. The monoisotopic (exact) mass is 308 g/mol. The van der Waals surface area contributed by atoms with Crippen LogP contribution in [0.25, 0.3) is 11.1 Å². The highest BCUT2D eigenvalue weighted by Gasteiger charge is 2.18. The van der Waals surface area contributed by atoms with E-state index in [1.165, 1.54) is 0 Å². The van der Waals surface area contributed by atoms with E-state index >= 15 is 0 Å². The van der Waals surface area contributed by atoms with Crippen molar-refractivity contribution in [1.82, 2.24) is 10.2 Å². The summed E-state index contributed by atoms with van der Waals surface area (Å²) in [6.07, 6.45) is 0. The molecule has 0 radical (unpaired) electrons. The molecule has 1 heterocycles. The first-order chi connectivity index (χ1) is 9.97. The first kappa shape index (κ1) is 15.2. The van der Waals surface area contributed by atoms with Crippen LogP contribution in [0.5, 0.6) is 11.5 Å². The van der Waals surface area contributed by atoms with E-state index in [1.807, 2.05) is 6.92 Å². The van der Waals surface area contributed by atoms with Crippen molar-refractivity contribution in [3.8, 4) is 22.6 Å². The van der Waals surface area contributed by atoms with E-state index < -0.39 is 0 Å². The fraction of sp³-hybridized carbons (Fsp3) is 0.286. The minimum absolute atomic E-state index is 0.416. The number of aromatic nitrogens is 2. The number of aliphatic imine (C=N–C) groups is 1. The number of methoxy groups -OCH3 is 2. The Kier molecular flexibility index (Phi) is 4.37. The Labute approximate surface area is 127 Å². The average molecular weight is 309 g/mol. The van der Waals surface area contributed by atoms with Crippen molar-refractivity contribution in [1.29, 1.82) is 0 Å². The van der Waals surface area contributed by atoms with Crippen molar-refractivity contribution >= 4 is 23.3 Å². The van der Waals surface area contributed by atoms with Crippen LogP contribution < -0.4 is 15.2 Å². The molecule has 0 bridgehead atoms. The number of nitrogens with zero attached hydrogens (tertiary/aromatic N) is 2. The average Bonchev–Trinajstić information content (AvgIpc) is 2.78. The number of rotatable bonds is 4. The van der Waals surface area contributed by atoms with Crippen molar-refractivity contribution in [2.75, 3.05) is 14.2 Å². The minimum atomic E-state index is 0.416. The highest BCUT2D eigenvalue weighted by molar-refractivity contribution is 6.33. The lowest BCUT2D eigenvalue weighted by molar-refractivity contribution is 0.355. The van der Waals surface area contributed by atoms with Gasteiger partial charge in [0.05, 0.1) is 30.6 Å². The summed E-state index contributed by atoms with van der Waals surface area (Å²) in [5.74, 6) is 2.05. The Hall–Kier alpha value is -2.21. The molecule has 112 valence electrons. The molecule has 1 aromatic heterocycles. The molecule has 2 rings (SSSR count). The second-order valence-corrected chi connectivity index (χ2v) is 4.89. The van der Waals surface area contributed by atoms with Gasteiger partial charge in [-0.15, -0.1) is 0 Å². The van der Waals surface area contributed by atoms with Crippen molar-refractivity contribution in [3.63, 3.8) is 0 Å². The van der Waals surface area contributed by atoms with Crippen LogP contribution in [-0.4, -0.2) is 30.3 Å². The van der Waals surface area contributed by atoms with Crippen LogP contribution in [0.3, 0.4) is 0 Å². The first-order valence-corrected chi connectivity index (χ1v) is 6.63. The Morgan fingerprint density at radius 1 is 1.29 bits per heavy atom. The predicted molar refractivity (Wildman–Crippen MR) is 83.8 cm³/mol. The topological polar surface area (TPSA) is 85.5 Å². The summed E-state index contributed by atoms with van der Waals surface area (Å²) in [4.78, 5) is 4.22. The molecule has 0 aliphatic rings. The number of ether oxygens (including phenoxy) is 2. The molecule has 0 aliphatic heterocycles. The quantitative estimate of drug-likeness (QED) is 0.671. The fourth-order valence-corrected chi connectivity index (χ4v) is 2.28. The van der Waals surface area contributed by atoms with Gasteiger partial charge in [-0.2, -0.15) is 5.10 Å². The summed E-state index contributed by atoms with van der Waals surface area (Å²) in [5.41, 5.74) is 8.01. The van der Waals surface area contributed by atoms with Gasteiger partial charge in [-0.05, 0) is 19.9 Å². The molecule has 0 saturated heterocycles. The highest BCUT2D eigenvalue weighted by Crippen LogP contribution is 2.42. The van der Waals surface area contributed by atoms with Gasteiger partial charge in [-0.25, -0.2) is 4.99 Å². The summed E-state index contributed by atoms with van der Waals surface area (Å²) in [6, 6.07) is 3.49. The summed E-state index contributed by atoms with van der Waals surface area (Å²) < 4.78 is 10.6. The van der Waals surface area contributed by atoms with Crippen LogP contribution in [0.4, 0.5) is 5.82 Å². The van der Waals surface area contributed by atoms with Gasteiger partial charge in [0.1, 0.15) is 0 Å². The van der Waals surface area contributed by atoms with Gasteiger partial charge in [0.15, 0.2) is 17.3 Å². The predicted octanol–water partition coefficient (Wildman–Crippen LogP) is 3.06. The lowest BCUT2D eigenvalue weighted by atomic mass is 10.0. The van der Waals surface area contributed by atoms with Crippen LogP contribution in [0.1, 0.15) is 12.6 Å². The molecule has 0 amide bonds. The van der Waals surface area contributed by atoms with Gasteiger partial charge in [-0.3, -0.25) is 5.10 Å².